The number of H-pyrrole nitrogens is 1. The number of imidazole rings is 1. The van der Waals surface area contributed by atoms with Crippen LogP contribution in [0.4, 0.5) is 0 Å². The van der Waals surface area contributed by atoms with Gasteiger partial charge in [-0.05, 0) is 6.92 Å². The number of rotatable bonds is 3. The van der Waals surface area contributed by atoms with Crippen LogP contribution in [0, 0.1) is 6.92 Å². The fraction of sp³-hybridized carbons (Fsp3) is 0.375. The predicted octanol–water partition coefficient (Wildman–Crippen LogP) is 1.25. The van der Waals surface area contributed by atoms with E-state index in [1.54, 1.807) is 6.33 Å². The summed E-state index contributed by atoms with van der Waals surface area (Å²) in [6.07, 6.45) is 3.75. The molecule has 0 atom stereocenters. The molecular weight excluding hydrogens is 246 g/mol. The number of aryl methyl sites for hydroxylation is 1. The Hall–Kier alpha value is -1.17. The Kier molecular flexibility index (Phi) is 2.62. The molecule has 2 aromatic rings. The highest BCUT2D eigenvalue weighted by Crippen LogP contribution is 2.03. The van der Waals surface area contributed by atoms with Crippen molar-refractivity contribution in [2.75, 3.05) is 0 Å². The van der Waals surface area contributed by atoms with Crippen molar-refractivity contribution in [2.45, 2.75) is 18.8 Å². The topological polar surface area (TPSA) is 59.4 Å². The van der Waals surface area contributed by atoms with Gasteiger partial charge in [-0.25, -0.2) is 9.97 Å². The lowest BCUT2D eigenvalue weighted by Gasteiger charge is -1.94. The second kappa shape index (κ2) is 3.91. The summed E-state index contributed by atoms with van der Waals surface area (Å²) < 4.78 is 1.96. The van der Waals surface area contributed by atoms with Crippen molar-refractivity contribution in [3.63, 3.8) is 0 Å². The van der Waals surface area contributed by atoms with Crippen LogP contribution < -0.4 is 0 Å². The normalized spacial score (nSPS) is 10.7. The van der Waals surface area contributed by atoms with Crippen LogP contribution in [-0.2, 0) is 11.9 Å². The summed E-state index contributed by atoms with van der Waals surface area (Å²) in [7, 11) is 0. The molecule has 2 heterocycles. The van der Waals surface area contributed by atoms with E-state index in [9.17, 15) is 0 Å². The maximum Gasteiger partial charge on any atom is 0.170 e. The number of nitrogens with zero attached hydrogens (tertiary/aromatic N) is 4. The summed E-state index contributed by atoms with van der Waals surface area (Å²) in [4.78, 5) is 8.40. The van der Waals surface area contributed by atoms with Crippen LogP contribution in [0.25, 0.3) is 0 Å². The minimum absolute atomic E-state index is 0.657. The van der Waals surface area contributed by atoms with E-state index in [1.165, 1.54) is 0 Å². The number of hydrogen-bond acceptors (Lipinski definition) is 3. The third kappa shape index (κ3) is 2.01. The van der Waals surface area contributed by atoms with E-state index in [2.05, 4.69) is 36.1 Å². The molecule has 0 bridgehead atoms. The highest BCUT2D eigenvalue weighted by molar-refractivity contribution is 9.08. The summed E-state index contributed by atoms with van der Waals surface area (Å²) in [5, 5.41) is 7.63. The van der Waals surface area contributed by atoms with Crippen LogP contribution in [-0.4, -0.2) is 24.7 Å². The molecule has 0 unspecified atom stereocenters. The van der Waals surface area contributed by atoms with Crippen molar-refractivity contribution in [1.82, 2.24) is 24.7 Å². The van der Waals surface area contributed by atoms with Gasteiger partial charge < -0.3 is 4.57 Å². The van der Waals surface area contributed by atoms with Crippen molar-refractivity contribution < 1.29 is 0 Å². The smallest absolute Gasteiger partial charge is 0.170 e. The summed E-state index contributed by atoms with van der Waals surface area (Å²) in [5.41, 5.74) is 1.01. The van der Waals surface area contributed by atoms with E-state index in [-0.39, 0.29) is 0 Å². The average molecular weight is 256 g/mol. The molecule has 0 saturated carbocycles. The number of halogens is 1. The van der Waals surface area contributed by atoms with E-state index in [1.807, 2.05) is 17.7 Å². The van der Waals surface area contributed by atoms with E-state index in [0.29, 0.717) is 6.54 Å². The minimum Gasteiger partial charge on any atom is -0.329 e. The molecule has 5 nitrogen and oxygen atoms in total. The van der Waals surface area contributed by atoms with Crippen molar-refractivity contribution in [1.29, 1.82) is 0 Å². The van der Waals surface area contributed by atoms with Gasteiger partial charge in [0.05, 0.1) is 18.6 Å². The van der Waals surface area contributed by atoms with Gasteiger partial charge >= 0.3 is 0 Å². The second-order valence-electron chi connectivity index (χ2n) is 3.01. The summed E-state index contributed by atoms with van der Waals surface area (Å²) >= 11 is 3.35. The van der Waals surface area contributed by atoms with Crippen LogP contribution in [0.3, 0.4) is 0 Å². The molecule has 0 aliphatic rings. The molecule has 0 fully saturated rings. The van der Waals surface area contributed by atoms with Crippen molar-refractivity contribution in [3.05, 3.63) is 29.9 Å². The molecule has 2 rings (SSSR count). The minimum atomic E-state index is 0.657. The monoisotopic (exact) mass is 255 g/mol. The van der Waals surface area contributed by atoms with E-state index >= 15 is 0 Å². The molecule has 0 amide bonds. The Morgan fingerprint density at radius 1 is 1.57 bits per heavy atom. The molecule has 0 aliphatic carbocycles. The highest BCUT2D eigenvalue weighted by atomic mass is 79.9. The molecule has 74 valence electrons. The second-order valence-corrected chi connectivity index (χ2v) is 3.57. The fourth-order valence-corrected chi connectivity index (χ4v) is 1.47. The molecule has 0 radical (unpaired) electrons. The Balaban J connectivity index is 2.10. The zero-order chi connectivity index (χ0) is 9.97. The number of alkyl halides is 1. The van der Waals surface area contributed by atoms with Gasteiger partial charge in [-0.1, -0.05) is 15.9 Å². The lowest BCUT2D eigenvalue weighted by atomic mass is 10.5. The largest absolute Gasteiger partial charge is 0.329 e. The molecule has 0 aromatic carbocycles. The molecule has 0 saturated heterocycles. The number of nitrogens with one attached hydrogen (secondary N) is 1. The maximum atomic E-state index is 4.21. The zero-order valence-corrected chi connectivity index (χ0v) is 9.32. The summed E-state index contributed by atoms with van der Waals surface area (Å²) in [5.74, 6) is 1.61. The maximum absolute atomic E-state index is 4.21. The number of aromatic nitrogens is 5. The molecular formula is C8H10BrN5. The SMILES string of the molecule is Cc1nc(Cn2cnc(CBr)c2)n[nH]1. The van der Waals surface area contributed by atoms with Crippen molar-refractivity contribution >= 4 is 15.9 Å². The van der Waals surface area contributed by atoms with Gasteiger partial charge in [0.2, 0.25) is 0 Å². The van der Waals surface area contributed by atoms with E-state index in [0.717, 1.165) is 22.7 Å². The highest BCUT2D eigenvalue weighted by Gasteiger charge is 2.02. The molecule has 1 N–H and O–H groups in total. The van der Waals surface area contributed by atoms with Gasteiger partial charge in [-0.2, -0.15) is 5.10 Å². The standard InChI is InChI=1S/C8H10BrN5/c1-6-11-8(13-12-6)4-14-3-7(2-9)10-5-14/h3,5H,2,4H2,1H3,(H,11,12,13). The first-order valence-corrected chi connectivity index (χ1v) is 5.34. The number of hydrogen-bond donors (Lipinski definition) is 1. The van der Waals surface area contributed by atoms with Crippen LogP contribution in [0.2, 0.25) is 0 Å². The number of aromatic amines is 1. The summed E-state index contributed by atoms with van der Waals surface area (Å²) in [6, 6.07) is 0. The third-order valence-corrected chi connectivity index (χ3v) is 2.37. The first-order chi connectivity index (χ1) is 6.78. The Labute approximate surface area is 89.7 Å². The first-order valence-electron chi connectivity index (χ1n) is 4.22. The Morgan fingerprint density at radius 3 is 3.00 bits per heavy atom. The molecule has 6 heteroatoms. The third-order valence-electron chi connectivity index (χ3n) is 1.79. The molecule has 2 aromatic heterocycles. The molecule has 14 heavy (non-hydrogen) atoms. The Morgan fingerprint density at radius 2 is 2.43 bits per heavy atom. The average Bonchev–Trinajstić information content (AvgIpc) is 2.76. The fourth-order valence-electron chi connectivity index (χ4n) is 1.18. The zero-order valence-electron chi connectivity index (χ0n) is 7.74. The van der Waals surface area contributed by atoms with E-state index < -0.39 is 0 Å². The van der Waals surface area contributed by atoms with Crippen molar-refractivity contribution in [2.24, 2.45) is 0 Å². The van der Waals surface area contributed by atoms with Gasteiger partial charge in [0.15, 0.2) is 5.82 Å². The van der Waals surface area contributed by atoms with E-state index in [4.69, 9.17) is 0 Å². The molecule has 0 spiro atoms. The van der Waals surface area contributed by atoms with Gasteiger partial charge in [0.1, 0.15) is 5.82 Å². The van der Waals surface area contributed by atoms with Gasteiger partial charge in [0, 0.05) is 11.5 Å². The van der Waals surface area contributed by atoms with Crippen molar-refractivity contribution in [3.8, 4) is 0 Å². The first kappa shape index (κ1) is 9.39. The Bertz CT molecular complexity index is 419. The quantitative estimate of drug-likeness (QED) is 0.841. The summed E-state index contributed by atoms with van der Waals surface area (Å²) in [6.45, 7) is 2.54. The van der Waals surface area contributed by atoms with Crippen LogP contribution >= 0.6 is 15.9 Å². The molecule has 0 aliphatic heterocycles. The van der Waals surface area contributed by atoms with Crippen LogP contribution in [0.5, 0.6) is 0 Å². The van der Waals surface area contributed by atoms with Gasteiger partial charge in [-0.3, -0.25) is 5.10 Å². The lowest BCUT2D eigenvalue weighted by Crippen LogP contribution is -1.98. The van der Waals surface area contributed by atoms with Crippen LogP contribution in [0.15, 0.2) is 12.5 Å². The van der Waals surface area contributed by atoms with Crippen LogP contribution in [0.1, 0.15) is 17.3 Å². The lowest BCUT2D eigenvalue weighted by molar-refractivity contribution is 0.746. The predicted molar refractivity (Wildman–Crippen MR) is 55.1 cm³/mol. The van der Waals surface area contributed by atoms with Gasteiger partial charge in [-0.15, -0.1) is 0 Å². The van der Waals surface area contributed by atoms with Gasteiger partial charge in [0.25, 0.3) is 0 Å².